The maximum Gasteiger partial charge on any atom is 0.256 e. The van der Waals surface area contributed by atoms with Crippen LogP contribution < -0.4 is 10.7 Å². The Labute approximate surface area is 149 Å². The fourth-order valence-corrected chi connectivity index (χ4v) is 3.67. The third-order valence-electron chi connectivity index (χ3n) is 5.06. The van der Waals surface area contributed by atoms with Gasteiger partial charge in [-0.1, -0.05) is 60.7 Å². The molecule has 0 bridgehead atoms. The van der Waals surface area contributed by atoms with E-state index in [1.54, 1.807) is 0 Å². The van der Waals surface area contributed by atoms with Crippen molar-refractivity contribution in [3.05, 3.63) is 88.1 Å². The lowest BCUT2D eigenvalue weighted by Gasteiger charge is -2.12. The number of fused-ring (bicyclic) bond motifs is 4. The summed E-state index contributed by atoms with van der Waals surface area (Å²) in [6.45, 7) is 1.97. The summed E-state index contributed by atoms with van der Waals surface area (Å²) in [6.07, 6.45) is 0. The first-order chi connectivity index (χ1) is 12.6. The summed E-state index contributed by atoms with van der Waals surface area (Å²) in [7, 11) is 0. The van der Waals surface area contributed by atoms with E-state index >= 15 is 0 Å². The van der Waals surface area contributed by atoms with Crippen molar-refractivity contribution in [1.29, 1.82) is 0 Å². The van der Waals surface area contributed by atoms with Gasteiger partial charge in [-0.3, -0.25) is 9.59 Å². The highest BCUT2D eigenvalue weighted by molar-refractivity contribution is 6.26. The second-order valence-electron chi connectivity index (χ2n) is 6.66. The van der Waals surface area contributed by atoms with Crippen LogP contribution in [0, 0.1) is 6.92 Å². The Hall–Kier alpha value is -3.46. The number of rotatable bonds is 2. The van der Waals surface area contributed by atoms with Gasteiger partial charge < -0.3 is 5.32 Å². The summed E-state index contributed by atoms with van der Waals surface area (Å²) in [5.74, 6) is -0.239. The van der Waals surface area contributed by atoms with Crippen LogP contribution in [-0.2, 0) is 0 Å². The molecule has 5 rings (SSSR count). The Morgan fingerprint density at radius 3 is 2.31 bits per heavy atom. The first-order valence-corrected chi connectivity index (χ1v) is 8.55. The molecular formula is C23H15NO2. The van der Waals surface area contributed by atoms with Crippen LogP contribution >= 0.6 is 0 Å². The molecule has 0 saturated carbocycles. The van der Waals surface area contributed by atoms with Crippen molar-refractivity contribution in [3.8, 4) is 0 Å². The van der Waals surface area contributed by atoms with Gasteiger partial charge in [0.1, 0.15) is 0 Å². The highest BCUT2D eigenvalue weighted by atomic mass is 16.2. The van der Waals surface area contributed by atoms with Crippen LogP contribution in [0.3, 0.4) is 0 Å². The zero-order valence-electron chi connectivity index (χ0n) is 14.2. The van der Waals surface area contributed by atoms with Crippen LogP contribution in [0.15, 0.2) is 71.5 Å². The van der Waals surface area contributed by atoms with Crippen LogP contribution in [-0.4, -0.2) is 5.91 Å². The normalized spacial score (nSPS) is 11.6. The van der Waals surface area contributed by atoms with Crippen molar-refractivity contribution in [2.24, 2.45) is 0 Å². The largest absolute Gasteiger partial charge is 0.321 e. The molecule has 0 spiro atoms. The van der Waals surface area contributed by atoms with Crippen LogP contribution in [0.1, 0.15) is 15.9 Å². The maximum absolute atomic E-state index is 13.0. The number of nitrogens with one attached hydrogen (secondary N) is 1. The third-order valence-corrected chi connectivity index (χ3v) is 5.06. The lowest BCUT2D eigenvalue weighted by molar-refractivity contribution is 0.102. The molecule has 26 heavy (non-hydrogen) atoms. The average Bonchev–Trinajstić information content (AvgIpc) is 3.35. The Kier molecular flexibility index (Phi) is 3.01. The summed E-state index contributed by atoms with van der Waals surface area (Å²) >= 11 is 0. The van der Waals surface area contributed by atoms with E-state index in [0.29, 0.717) is 16.3 Å². The molecule has 3 nitrogen and oxygen atoms in total. The third kappa shape index (κ3) is 2.07. The summed E-state index contributed by atoms with van der Waals surface area (Å²) < 4.78 is 0. The quantitative estimate of drug-likeness (QED) is 0.496. The van der Waals surface area contributed by atoms with Gasteiger partial charge >= 0.3 is 0 Å². The molecule has 0 radical (unpaired) electrons. The predicted octanol–water partition coefficient (Wildman–Crippen LogP) is 4.94. The first-order valence-electron chi connectivity index (χ1n) is 8.55. The number of hydrogen-bond donors (Lipinski definition) is 1. The number of carbonyl (C=O) groups excluding carboxylic acids is 1. The fraction of sp³-hybridized carbons (Fsp3) is 0.0435. The van der Waals surface area contributed by atoms with Crippen LogP contribution in [0.2, 0.25) is 0 Å². The topological polar surface area (TPSA) is 46.2 Å². The molecule has 0 saturated heterocycles. The number of benzene rings is 4. The SMILES string of the molecule is Cc1ccc2ccccc2c1NC(=O)c1cc2ccccc2c2c(=O)c12. The Bertz CT molecular complexity index is 1350. The molecule has 1 amide bonds. The van der Waals surface area contributed by atoms with Crippen molar-refractivity contribution in [2.75, 3.05) is 5.32 Å². The van der Waals surface area contributed by atoms with Gasteiger partial charge in [-0.05, 0) is 34.7 Å². The minimum atomic E-state index is -0.239. The first kappa shape index (κ1) is 14.8. The Morgan fingerprint density at radius 1 is 0.808 bits per heavy atom. The van der Waals surface area contributed by atoms with Crippen molar-refractivity contribution < 1.29 is 4.79 Å². The molecule has 124 valence electrons. The van der Waals surface area contributed by atoms with E-state index in [9.17, 15) is 9.59 Å². The molecule has 0 aliphatic carbocycles. The molecule has 0 aliphatic rings. The lowest BCUT2D eigenvalue weighted by Crippen LogP contribution is -2.13. The molecule has 0 aromatic heterocycles. The summed E-state index contributed by atoms with van der Waals surface area (Å²) in [5, 5.41) is 8.17. The monoisotopic (exact) mass is 337 g/mol. The highest BCUT2D eigenvalue weighted by Crippen LogP contribution is 2.32. The zero-order chi connectivity index (χ0) is 17.8. The van der Waals surface area contributed by atoms with E-state index in [0.717, 1.165) is 32.8 Å². The Balaban J connectivity index is 1.64. The zero-order valence-corrected chi connectivity index (χ0v) is 14.2. The van der Waals surface area contributed by atoms with Gasteiger partial charge in [0.15, 0.2) is 5.43 Å². The van der Waals surface area contributed by atoms with E-state index in [1.165, 1.54) is 0 Å². The smallest absolute Gasteiger partial charge is 0.256 e. The summed E-state index contributed by atoms with van der Waals surface area (Å²) in [4.78, 5) is 25.2. The number of carbonyl (C=O) groups is 1. The fourth-order valence-electron chi connectivity index (χ4n) is 3.67. The van der Waals surface area contributed by atoms with Crippen molar-refractivity contribution in [3.63, 3.8) is 0 Å². The van der Waals surface area contributed by atoms with E-state index in [-0.39, 0.29) is 11.3 Å². The molecule has 5 aromatic carbocycles. The number of amides is 1. The standard InChI is InChI=1S/C23H15NO2/c1-13-10-11-14-6-2-5-9-17(14)21(13)24-23(26)18-12-15-7-3-4-8-16(15)19-20(18)22(19)25/h2-12H,1H3,(H,24,26). The highest BCUT2D eigenvalue weighted by Gasteiger charge is 2.24. The molecule has 0 atom stereocenters. The predicted molar refractivity (Wildman–Crippen MR) is 107 cm³/mol. The molecule has 3 heteroatoms. The van der Waals surface area contributed by atoms with Crippen molar-refractivity contribution >= 4 is 43.9 Å². The second kappa shape index (κ2) is 5.27. The van der Waals surface area contributed by atoms with Gasteiger partial charge in [0.25, 0.3) is 5.91 Å². The summed E-state index contributed by atoms with van der Waals surface area (Å²) in [5.41, 5.74) is 2.22. The van der Waals surface area contributed by atoms with E-state index in [1.807, 2.05) is 73.7 Å². The van der Waals surface area contributed by atoms with Gasteiger partial charge in [0.2, 0.25) is 0 Å². The molecule has 0 heterocycles. The van der Waals surface area contributed by atoms with Gasteiger partial charge in [0, 0.05) is 16.2 Å². The molecule has 5 aromatic rings. The van der Waals surface area contributed by atoms with Gasteiger partial charge in [-0.15, -0.1) is 0 Å². The minimum absolute atomic E-state index is 0.0222. The van der Waals surface area contributed by atoms with Crippen LogP contribution in [0.25, 0.3) is 32.3 Å². The van der Waals surface area contributed by atoms with Crippen LogP contribution in [0.5, 0.6) is 0 Å². The van der Waals surface area contributed by atoms with E-state index < -0.39 is 0 Å². The van der Waals surface area contributed by atoms with Crippen molar-refractivity contribution in [1.82, 2.24) is 0 Å². The number of hydrogen-bond acceptors (Lipinski definition) is 2. The van der Waals surface area contributed by atoms with Gasteiger partial charge in [-0.25, -0.2) is 0 Å². The van der Waals surface area contributed by atoms with Gasteiger partial charge in [0.05, 0.1) is 11.3 Å². The lowest BCUT2D eigenvalue weighted by atomic mass is 10.0. The Morgan fingerprint density at radius 2 is 1.50 bits per heavy atom. The van der Waals surface area contributed by atoms with E-state index in [4.69, 9.17) is 0 Å². The van der Waals surface area contributed by atoms with Crippen LogP contribution in [0.4, 0.5) is 5.69 Å². The maximum atomic E-state index is 13.0. The van der Waals surface area contributed by atoms with Gasteiger partial charge in [-0.2, -0.15) is 0 Å². The van der Waals surface area contributed by atoms with E-state index in [2.05, 4.69) is 5.32 Å². The molecule has 0 aliphatic heterocycles. The molecule has 0 unspecified atom stereocenters. The number of aryl methyl sites for hydroxylation is 1. The molecular weight excluding hydrogens is 322 g/mol. The van der Waals surface area contributed by atoms with Crippen molar-refractivity contribution in [2.45, 2.75) is 6.92 Å². The minimum Gasteiger partial charge on any atom is -0.321 e. The molecule has 1 N–H and O–H groups in total. The average molecular weight is 337 g/mol. The number of anilines is 1. The summed E-state index contributed by atoms with van der Waals surface area (Å²) in [6, 6.07) is 21.5. The second-order valence-corrected chi connectivity index (χ2v) is 6.66. The molecule has 0 fully saturated rings.